The molecule has 3 rings (SSSR count). The molecule has 8 heteroatoms. The third-order valence-electron chi connectivity index (χ3n) is 4.99. The number of hydrogen-bond donors (Lipinski definition) is 2. The van der Waals surface area contributed by atoms with Gasteiger partial charge >= 0.3 is 6.03 Å². The van der Waals surface area contributed by atoms with Gasteiger partial charge < -0.3 is 10.1 Å². The molecule has 1 saturated carbocycles. The van der Waals surface area contributed by atoms with Gasteiger partial charge in [-0.25, -0.2) is 4.79 Å². The van der Waals surface area contributed by atoms with Crippen molar-refractivity contribution in [3.8, 4) is 5.75 Å². The molecule has 1 heterocycles. The summed E-state index contributed by atoms with van der Waals surface area (Å²) in [6, 6.07) is 6.04. The van der Waals surface area contributed by atoms with Crippen molar-refractivity contribution in [2.45, 2.75) is 51.2 Å². The number of carbonyl (C=O) groups excluding carboxylic acids is 3. The van der Waals surface area contributed by atoms with E-state index >= 15 is 0 Å². The lowest BCUT2D eigenvalue weighted by molar-refractivity contribution is -0.142. The minimum atomic E-state index is -0.906. The predicted octanol–water partition coefficient (Wildman–Crippen LogP) is 2.64. The molecule has 26 heavy (non-hydrogen) atoms. The second kappa shape index (κ2) is 7.15. The maximum Gasteiger partial charge on any atom is 0.344 e. The van der Waals surface area contributed by atoms with E-state index in [-0.39, 0.29) is 0 Å². The highest BCUT2D eigenvalue weighted by molar-refractivity contribution is 6.30. The number of hydrazine groups is 1. The summed E-state index contributed by atoms with van der Waals surface area (Å²) in [5, 5.41) is 4.01. The van der Waals surface area contributed by atoms with Crippen molar-refractivity contribution >= 4 is 29.4 Å². The van der Waals surface area contributed by atoms with Crippen LogP contribution in [-0.4, -0.2) is 34.5 Å². The van der Waals surface area contributed by atoms with Crippen LogP contribution in [0.5, 0.6) is 5.75 Å². The summed E-state index contributed by atoms with van der Waals surface area (Å²) in [5.74, 6) is -0.0393. The van der Waals surface area contributed by atoms with E-state index in [2.05, 4.69) is 17.7 Å². The molecule has 1 saturated heterocycles. The highest BCUT2D eigenvalue weighted by Gasteiger charge is 2.53. The van der Waals surface area contributed by atoms with Gasteiger partial charge in [0.25, 0.3) is 11.8 Å². The van der Waals surface area contributed by atoms with Crippen LogP contribution in [-0.2, 0) is 9.59 Å². The summed E-state index contributed by atoms with van der Waals surface area (Å²) in [5.41, 5.74) is 1.48. The van der Waals surface area contributed by atoms with Crippen molar-refractivity contribution in [2.75, 3.05) is 0 Å². The SMILES string of the molecule is CC1CCC2(CC1)NC(=O)N(NC(=O)[C@H](C)Oc1cccc(Cl)c1)C2=O. The second-order valence-corrected chi connectivity index (χ2v) is 7.47. The van der Waals surface area contributed by atoms with Gasteiger partial charge in [0.2, 0.25) is 0 Å². The van der Waals surface area contributed by atoms with Crippen LogP contribution in [0.3, 0.4) is 0 Å². The van der Waals surface area contributed by atoms with E-state index in [4.69, 9.17) is 16.3 Å². The fourth-order valence-corrected chi connectivity index (χ4v) is 3.49. The maximum atomic E-state index is 12.7. The van der Waals surface area contributed by atoms with Gasteiger partial charge in [0.1, 0.15) is 11.3 Å². The van der Waals surface area contributed by atoms with E-state index in [1.807, 2.05) is 0 Å². The third kappa shape index (κ3) is 3.62. The van der Waals surface area contributed by atoms with Crippen LogP contribution in [0.25, 0.3) is 0 Å². The van der Waals surface area contributed by atoms with Crippen molar-refractivity contribution in [2.24, 2.45) is 5.92 Å². The zero-order valence-electron chi connectivity index (χ0n) is 14.8. The fraction of sp³-hybridized carbons (Fsp3) is 0.500. The van der Waals surface area contributed by atoms with Crippen LogP contribution >= 0.6 is 11.6 Å². The monoisotopic (exact) mass is 379 g/mol. The second-order valence-electron chi connectivity index (χ2n) is 7.03. The lowest BCUT2D eigenvalue weighted by Gasteiger charge is -2.33. The molecule has 1 aliphatic heterocycles. The highest BCUT2D eigenvalue weighted by Crippen LogP contribution is 2.35. The van der Waals surface area contributed by atoms with Crippen LogP contribution in [0.2, 0.25) is 5.02 Å². The van der Waals surface area contributed by atoms with Crippen LogP contribution in [0.15, 0.2) is 24.3 Å². The van der Waals surface area contributed by atoms with Gasteiger partial charge in [-0.15, -0.1) is 0 Å². The number of ether oxygens (including phenoxy) is 1. The number of amides is 4. The molecule has 0 radical (unpaired) electrons. The van der Waals surface area contributed by atoms with Crippen molar-refractivity contribution in [3.63, 3.8) is 0 Å². The predicted molar refractivity (Wildman–Crippen MR) is 95.4 cm³/mol. The van der Waals surface area contributed by atoms with E-state index in [1.54, 1.807) is 24.3 Å². The van der Waals surface area contributed by atoms with Gasteiger partial charge in [-0.05, 0) is 56.7 Å². The number of hydrogen-bond acceptors (Lipinski definition) is 4. The first kappa shape index (κ1) is 18.5. The van der Waals surface area contributed by atoms with Crippen LogP contribution in [0.1, 0.15) is 39.5 Å². The molecular weight excluding hydrogens is 358 g/mol. The van der Waals surface area contributed by atoms with E-state index in [0.717, 1.165) is 17.9 Å². The Bertz CT molecular complexity index is 731. The van der Waals surface area contributed by atoms with Gasteiger partial charge in [-0.3, -0.25) is 15.0 Å². The smallest absolute Gasteiger partial charge is 0.344 e. The summed E-state index contributed by atoms with van der Waals surface area (Å²) < 4.78 is 5.52. The molecule has 0 bridgehead atoms. The number of rotatable bonds is 4. The topological polar surface area (TPSA) is 87.7 Å². The average molecular weight is 380 g/mol. The summed E-state index contributed by atoms with van der Waals surface area (Å²) in [4.78, 5) is 37.3. The van der Waals surface area contributed by atoms with Gasteiger partial charge in [0.15, 0.2) is 6.10 Å². The van der Waals surface area contributed by atoms with Crippen molar-refractivity contribution in [1.82, 2.24) is 15.8 Å². The number of urea groups is 1. The molecule has 2 N–H and O–H groups in total. The molecule has 0 aromatic heterocycles. The maximum absolute atomic E-state index is 12.7. The standard InChI is InChI=1S/C18H22ClN3O4/c1-11-6-8-18(9-7-11)16(24)22(17(25)20-18)21-15(23)12(2)26-14-5-3-4-13(19)10-14/h3-5,10-12H,6-9H2,1-2H3,(H,20,25)(H,21,23)/t11?,12-,18?/m0/s1. The van der Waals surface area contributed by atoms with E-state index < -0.39 is 29.5 Å². The van der Waals surface area contributed by atoms with Crippen LogP contribution in [0, 0.1) is 5.92 Å². The van der Waals surface area contributed by atoms with Crippen molar-refractivity contribution in [3.05, 3.63) is 29.3 Å². The zero-order chi connectivity index (χ0) is 18.9. The number of benzene rings is 1. The van der Waals surface area contributed by atoms with E-state index in [1.165, 1.54) is 6.92 Å². The van der Waals surface area contributed by atoms with Gasteiger partial charge in [0, 0.05) is 5.02 Å². The van der Waals surface area contributed by atoms with E-state index in [0.29, 0.717) is 29.5 Å². The Balaban J connectivity index is 1.63. The van der Waals surface area contributed by atoms with Gasteiger partial charge in [-0.2, -0.15) is 5.01 Å². The molecule has 4 amide bonds. The quantitative estimate of drug-likeness (QED) is 0.787. The zero-order valence-corrected chi connectivity index (χ0v) is 15.5. The highest BCUT2D eigenvalue weighted by atomic mass is 35.5. The largest absolute Gasteiger partial charge is 0.481 e. The Kier molecular flexibility index (Phi) is 5.09. The van der Waals surface area contributed by atoms with Gasteiger partial charge in [0.05, 0.1) is 0 Å². The Morgan fingerprint density at radius 2 is 2.08 bits per heavy atom. The first-order chi connectivity index (χ1) is 12.3. The van der Waals surface area contributed by atoms with E-state index in [9.17, 15) is 14.4 Å². The first-order valence-electron chi connectivity index (χ1n) is 8.70. The first-order valence-corrected chi connectivity index (χ1v) is 9.08. The number of imide groups is 1. The molecule has 1 spiro atoms. The number of nitrogens with one attached hydrogen (secondary N) is 2. The summed E-state index contributed by atoms with van der Waals surface area (Å²) >= 11 is 5.89. The Labute approximate surface area is 157 Å². The summed E-state index contributed by atoms with van der Waals surface area (Å²) in [7, 11) is 0. The van der Waals surface area contributed by atoms with Gasteiger partial charge in [-0.1, -0.05) is 24.6 Å². The van der Waals surface area contributed by atoms with Crippen molar-refractivity contribution < 1.29 is 19.1 Å². The molecule has 1 atom stereocenters. The summed E-state index contributed by atoms with van der Waals surface area (Å²) in [6.45, 7) is 3.66. The number of carbonyl (C=O) groups is 3. The van der Waals surface area contributed by atoms with Crippen LogP contribution in [0.4, 0.5) is 4.79 Å². The fourth-order valence-electron chi connectivity index (χ4n) is 3.31. The Morgan fingerprint density at radius 1 is 1.38 bits per heavy atom. The third-order valence-corrected chi connectivity index (χ3v) is 5.22. The normalized spacial score (nSPS) is 26.6. The minimum Gasteiger partial charge on any atom is -0.481 e. The molecule has 1 aromatic carbocycles. The lowest BCUT2D eigenvalue weighted by Crippen LogP contribution is -2.53. The summed E-state index contributed by atoms with van der Waals surface area (Å²) in [6.07, 6.45) is 1.99. The molecule has 1 aliphatic carbocycles. The number of nitrogens with zero attached hydrogens (tertiary/aromatic N) is 1. The Hall–Kier alpha value is -2.28. The molecule has 7 nitrogen and oxygen atoms in total. The molecule has 0 unspecified atom stereocenters. The average Bonchev–Trinajstić information content (AvgIpc) is 2.82. The Morgan fingerprint density at radius 3 is 2.73 bits per heavy atom. The van der Waals surface area contributed by atoms with Crippen molar-refractivity contribution in [1.29, 1.82) is 0 Å². The molecule has 2 fully saturated rings. The molecule has 1 aromatic rings. The molecule has 140 valence electrons. The molecular formula is C18H22ClN3O4. The number of halogens is 1. The lowest BCUT2D eigenvalue weighted by atomic mass is 9.77. The minimum absolute atomic E-state index is 0.405. The van der Waals surface area contributed by atoms with Crippen LogP contribution < -0.4 is 15.5 Å². The molecule has 2 aliphatic rings.